The van der Waals surface area contributed by atoms with E-state index in [4.69, 9.17) is 4.74 Å². The van der Waals surface area contributed by atoms with Crippen molar-refractivity contribution in [2.45, 2.75) is 44.6 Å². The van der Waals surface area contributed by atoms with Gasteiger partial charge in [0.2, 0.25) is 0 Å². The van der Waals surface area contributed by atoms with E-state index in [9.17, 15) is 4.79 Å². The fourth-order valence-corrected chi connectivity index (χ4v) is 3.24. The lowest BCUT2D eigenvalue weighted by molar-refractivity contribution is 0.0928. The van der Waals surface area contributed by atoms with Gasteiger partial charge in [0, 0.05) is 31.0 Å². The Labute approximate surface area is 132 Å². The van der Waals surface area contributed by atoms with Crippen LogP contribution in [0, 0.1) is 0 Å². The van der Waals surface area contributed by atoms with Gasteiger partial charge in [0.15, 0.2) is 0 Å². The standard InChI is InChI=1S/C17H25N3O2/c21-17(19-14-5-3-1-2-4-6-14)16-13-15(7-8-18-16)20-9-11-22-12-10-20/h7-8,13-14H,1-6,9-12H2,(H,19,21). The zero-order valence-electron chi connectivity index (χ0n) is 13.1. The molecule has 2 aliphatic rings. The van der Waals surface area contributed by atoms with Gasteiger partial charge in [-0.25, -0.2) is 0 Å². The molecule has 0 unspecified atom stereocenters. The highest BCUT2D eigenvalue weighted by Crippen LogP contribution is 2.19. The first kappa shape index (κ1) is 15.3. The lowest BCUT2D eigenvalue weighted by Gasteiger charge is -2.29. The molecule has 3 rings (SSSR count). The van der Waals surface area contributed by atoms with Crippen LogP contribution in [-0.2, 0) is 4.74 Å². The number of hydrogen-bond acceptors (Lipinski definition) is 4. The third-order valence-corrected chi connectivity index (χ3v) is 4.54. The van der Waals surface area contributed by atoms with Crippen molar-refractivity contribution >= 4 is 11.6 Å². The largest absolute Gasteiger partial charge is 0.378 e. The lowest BCUT2D eigenvalue weighted by atomic mass is 10.1. The van der Waals surface area contributed by atoms with E-state index in [2.05, 4.69) is 15.2 Å². The fraction of sp³-hybridized carbons (Fsp3) is 0.647. The highest BCUT2D eigenvalue weighted by Gasteiger charge is 2.18. The molecule has 22 heavy (non-hydrogen) atoms. The smallest absolute Gasteiger partial charge is 0.270 e. The van der Waals surface area contributed by atoms with E-state index < -0.39 is 0 Å². The van der Waals surface area contributed by atoms with E-state index >= 15 is 0 Å². The van der Waals surface area contributed by atoms with Crippen molar-refractivity contribution in [3.63, 3.8) is 0 Å². The maximum Gasteiger partial charge on any atom is 0.270 e. The number of nitrogens with zero attached hydrogens (tertiary/aromatic N) is 2. The van der Waals surface area contributed by atoms with Crippen LogP contribution in [-0.4, -0.2) is 43.2 Å². The minimum Gasteiger partial charge on any atom is -0.378 e. The summed E-state index contributed by atoms with van der Waals surface area (Å²) in [6, 6.07) is 4.18. The van der Waals surface area contributed by atoms with Gasteiger partial charge in [0.25, 0.3) is 5.91 Å². The van der Waals surface area contributed by atoms with Gasteiger partial charge in [-0.05, 0) is 25.0 Å². The minimum absolute atomic E-state index is 0.0398. The molecule has 1 N–H and O–H groups in total. The number of hydrogen-bond donors (Lipinski definition) is 1. The van der Waals surface area contributed by atoms with Crippen LogP contribution in [0.2, 0.25) is 0 Å². The summed E-state index contributed by atoms with van der Waals surface area (Å²) in [5, 5.41) is 3.16. The van der Waals surface area contributed by atoms with E-state index in [-0.39, 0.29) is 5.91 Å². The quantitative estimate of drug-likeness (QED) is 0.871. The number of pyridine rings is 1. The van der Waals surface area contributed by atoms with Gasteiger partial charge < -0.3 is 15.0 Å². The number of morpholine rings is 1. The molecule has 5 nitrogen and oxygen atoms in total. The molecule has 1 aromatic rings. The summed E-state index contributed by atoms with van der Waals surface area (Å²) in [6.07, 6.45) is 8.92. The van der Waals surface area contributed by atoms with Crippen LogP contribution < -0.4 is 10.2 Å². The van der Waals surface area contributed by atoms with Crippen molar-refractivity contribution in [1.29, 1.82) is 0 Å². The van der Waals surface area contributed by atoms with Crippen LogP contribution in [0.15, 0.2) is 18.3 Å². The third-order valence-electron chi connectivity index (χ3n) is 4.54. The van der Waals surface area contributed by atoms with Crippen molar-refractivity contribution in [3.05, 3.63) is 24.0 Å². The number of rotatable bonds is 3. The second kappa shape index (κ2) is 7.58. The topological polar surface area (TPSA) is 54.5 Å². The monoisotopic (exact) mass is 303 g/mol. The number of aromatic nitrogens is 1. The number of amides is 1. The predicted octanol–water partition coefficient (Wildman–Crippen LogP) is 2.37. The normalized spacial score (nSPS) is 20.5. The van der Waals surface area contributed by atoms with E-state index in [1.165, 1.54) is 25.7 Å². The molecule has 1 aromatic heterocycles. The summed E-state index contributed by atoms with van der Waals surface area (Å²) >= 11 is 0. The summed E-state index contributed by atoms with van der Waals surface area (Å²) in [6.45, 7) is 3.22. The Balaban J connectivity index is 1.64. The Hall–Kier alpha value is -1.62. The Morgan fingerprint density at radius 2 is 1.91 bits per heavy atom. The second-order valence-electron chi connectivity index (χ2n) is 6.16. The molecule has 0 atom stereocenters. The Bertz CT molecular complexity index is 492. The molecule has 0 radical (unpaired) electrons. The molecule has 120 valence electrons. The number of nitrogens with one attached hydrogen (secondary N) is 1. The molecule has 1 saturated heterocycles. The van der Waals surface area contributed by atoms with Crippen LogP contribution in [0.25, 0.3) is 0 Å². The van der Waals surface area contributed by atoms with Gasteiger partial charge in [-0.15, -0.1) is 0 Å². The molecule has 1 aliphatic carbocycles. The average Bonchev–Trinajstić information content (AvgIpc) is 2.84. The zero-order chi connectivity index (χ0) is 15.2. The maximum atomic E-state index is 12.4. The van der Waals surface area contributed by atoms with E-state index in [0.29, 0.717) is 11.7 Å². The Morgan fingerprint density at radius 1 is 1.18 bits per heavy atom. The SMILES string of the molecule is O=C(NC1CCCCCC1)c1cc(N2CCOCC2)ccn1. The number of carbonyl (C=O) groups excluding carboxylic acids is 1. The highest BCUT2D eigenvalue weighted by molar-refractivity contribution is 5.93. The van der Waals surface area contributed by atoms with Crippen molar-refractivity contribution in [1.82, 2.24) is 10.3 Å². The zero-order valence-corrected chi connectivity index (χ0v) is 13.1. The molecule has 1 saturated carbocycles. The van der Waals surface area contributed by atoms with E-state index in [0.717, 1.165) is 44.8 Å². The van der Waals surface area contributed by atoms with Crippen molar-refractivity contribution in [2.75, 3.05) is 31.2 Å². The van der Waals surface area contributed by atoms with Gasteiger partial charge >= 0.3 is 0 Å². The second-order valence-corrected chi connectivity index (χ2v) is 6.16. The summed E-state index contributed by atoms with van der Waals surface area (Å²) in [5.41, 5.74) is 1.58. The van der Waals surface area contributed by atoms with Crippen molar-refractivity contribution < 1.29 is 9.53 Å². The average molecular weight is 303 g/mol. The first-order valence-corrected chi connectivity index (χ1v) is 8.42. The molecule has 1 aliphatic heterocycles. The minimum atomic E-state index is -0.0398. The summed E-state index contributed by atoms with van der Waals surface area (Å²) in [7, 11) is 0. The van der Waals surface area contributed by atoms with Crippen LogP contribution >= 0.6 is 0 Å². The van der Waals surface area contributed by atoms with Gasteiger partial charge in [-0.3, -0.25) is 9.78 Å². The van der Waals surface area contributed by atoms with E-state index in [1.807, 2.05) is 12.1 Å². The number of anilines is 1. The first-order chi connectivity index (χ1) is 10.8. The van der Waals surface area contributed by atoms with Gasteiger partial charge in [-0.1, -0.05) is 25.7 Å². The number of carbonyl (C=O) groups is 1. The van der Waals surface area contributed by atoms with Crippen LogP contribution in [0.1, 0.15) is 49.0 Å². The summed E-state index contributed by atoms with van der Waals surface area (Å²) in [4.78, 5) is 18.9. The maximum absolute atomic E-state index is 12.4. The highest BCUT2D eigenvalue weighted by atomic mass is 16.5. The van der Waals surface area contributed by atoms with Crippen LogP contribution in [0.5, 0.6) is 0 Å². The van der Waals surface area contributed by atoms with Gasteiger partial charge in [0.05, 0.1) is 13.2 Å². The molecule has 0 spiro atoms. The first-order valence-electron chi connectivity index (χ1n) is 8.42. The summed E-state index contributed by atoms with van der Waals surface area (Å²) in [5.74, 6) is -0.0398. The molecule has 1 amide bonds. The molecule has 2 heterocycles. The Morgan fingerprint density at radius 3 is 2.64 bits per heavy atom. The van der Waals surface area contributed by atoms with Gasteiger partial charge in [0.1, 0.15) is 5.69 Å². The van der Waals surface area contributed by atoms with Crippen molar-refractivity contribution in [3.8, 4) is 0 Å². The molecule has 0 aromatic carbocycles. The predicted molar refractivity (Wildman–Crippen MR) is 86.2 cm³/mol. The number of ether oxygens (including phenoxy) is 1. The van der Waals surface area contributed by atoms with Gasteiger partial charge in [-0.2, -0.15) is 0 Å². The van der Waals surface area contributed by atoms with E-state index in [1.54, 1.807) is 6.20 Å². The fourth-order valence-electron chi connectivity index (χ4n) is 3.24. The Kier molecular flexibility index (Phi) is 5.27. The lowest BCUT2D eigenvalue weighted by Crippen LogP contribution is -2.37. The van der Waals surface area contributed by atoms with Crippen LogP contribution in [0.3, 0.4) is 0 Å². The molecular formula is C17H25N3O2. The van der Waals surface area contributed by atoms with Crippen molar-refractivity contribution in [2.24, 2.45) is 0 Å². The van der Waals surface area contributed by atoms with Crippen LogP contribution in [0.4, 0.5) is 5.69 Å². The molecular weight excluding hydrogens is 278 g/mol. The third kappa shape index (κ3) is 3.97. The molecule has 0 bridgehead atoms. The molecule has 5 heteroatoms. The summed E-state index contributed by atoms with van der Waals surface area (Å²) < 4.78 is 5.37. The molecule has 2 fully saturated rings.